The molecule has 0 bridgehead atoms. The van der Waals surface area contributed by atoms with E-state index in [2.05, 4.69) is 11.7 Å². The largest absolute Gasteiger partial charge is 0.308 e. The molecule has 0 amide bonds. The molecule has 0 atom stereocenters. The summed E-state index contributed by atoms with van der Waals surface area (Å²) in [6.45, 7) is 0. The molecule has 0 aliphatic rings. The average Bonchev–Trinajstić information content (AvgIpc) is 3.32. The molecule has 0 spiro atoms. The fourth-order valence-electron chi connectivity index (χ4n) is 0.709. The van der Waals surface area contributed by atoms with E-state index in [-0.39, 0.29) is 0 Å². The van der Waals surface area contributed by atoms with Crippen LogP contribution < -0.4 is 0 Å². The second-order valence-corrected chi connectivity index (χ2v) is 113. The third-order valence-corrected chi connectivity index (χ3v) is 137. The Morgan fingerprint density at radius 2 is 0.246 bits per heavy atom. The molecule has 65 heavy (non-hydrogen) atoms. The van der Waals surface area contributed by atoms with Crippen molar-refractivity contribution < 1.29 is 4.18 Å². The quantitative estimate of drug-likeness (QED) is 0.0268. The molecule has 0 fully saturated rings. The average molecular weight is 2050 g/mol. The fraction of sp³-hybridized carbons (Fsp3) is 1.00. The van der Waals surface area contributed by atoms with Crippen molar-refractivity contribution in [1.29, 1.82) is 0 Å². The van der Waals surface area contributed by atoms with Crippen molar-refractivity contribution in [3.05, 3.63) is 0 Å². The zero-order chi connectivity index (χ0) is 46.5. The lowest BCUT2D eigenvalue weighted by Crippen LogP contribution is -1.51. The zero-order valence-corrected chi connectivity index (χ0v) is 78.7. The van der Waals surface area contributed by atoms with Gasteiger partial charge < -0.3 is 4.18 Å². The number of hydrogen-bond donors (Lipinski definition) is 1. The first-order valence-corrected chi connectivity index (χ1v) is 94.1. The minimum absolute atomic E-state index is 1.40. The predicted molar refractivity (Wildman–Crippen MR) is 487 cm³/mol. The first-order chi connectivity index (χ1) is 32.4. The summed E-state index contributed by atoms with van der Waals surface area (Å²) in [4.78, 5) is 0. The van der Waals surface area contributed by atoms with Crippen LogP contribution in [0.5, 0.6) is 0 Å². The zero-order valence-electron chi connectivity index (χ0n) is 27.2. The molecular formula is CH4OS63. The van der Waals surface area contributed by atoms with E-state index in [4.69, 9.17) is 4.18 Å². The fourth-order valence-corrected chi connectivity index (χ4v) is 165. The highest BCUT2D eigenvalue weighted by molar-refractivity contribution is 9.64. The summed E-state index contributed by atoms with van der Waals surface area (Å²) in [6, 6.07) is 0. The van der Waals surface area contributed by atoms with Crippen molar-refractivity contribution in [3.8, 4) is 0 Å². The molecule has 0 unspecified atom stereocenters. The van der Waals surface area contributed by atoms with Gasteiger partial charge in [-0.15, -0.1) is 0 Å². The summed E-state index contributed by atoms with van der Waals surface area (Å²) >= 11 is 5.49. The molecule has 0 aromatic rings. The van der Waals surface area contributed by atoms with E-state index in [0.717, 1.165) is 0 Å². The van der Waals surface area contributed by atoms with Gasteiger partial charge in [-0.25, -0.2) is 0 Å². The molecule has 1 nitrogen and oxygen atoms in total. The number of hydrogen-bond acceptors (Lipinski definition) is 64. The monoisotopic (exact) mass is 2050 g/mol. The smallest absolute Gasteiger partial charge is 0.0746 e. The van der Waals surface area contributed by atoms with Crippen molar-refractivity contribution in [2.24, 2.45) is 0 Å². The third-order valence-electron chi connectivity index (χ3n) is 1.77. The van der Waals surface area contributed by atoms with Crippen molar-refractivity contribution in [3.63, 3.8) is 0 Å². The van der Waals surface area contributed by atoms with Crippen molar-refractivity contribution >= 4 is 622 Å². The highest BCUT2D eigenvalue weighted by atomic mass is 34.1. The highest BCUT2D eigenvalue weighted by Crippen LogP contribution is 2.70. The summed E-state index contributed by atoms with van der Waals surface area (Å²) < 4.78 is 4.92. The van der Waals surface area contributed by atoms with Crippen LogP contribution in [0.3, 0.4) is 0 Å². The first-order valence-electron chi connectivity index (χ1n) is 10.9. The standard InChI is InChI=1S/CH4OS63/c1-2-4-6-8-10-12-14-16-18-20-22-24-26-28-30-32-34-36-38-40-42-44-46-48-50-52-54-56-58-60-62-64-65-63-61-59-57-55-53-51-49-47-45-43-41-39-37-35-33-31-29-27-25-23-21-19-17-15-13-11-9-7-5-3/h3H,1H3. The van der Waals surface area contributed by atoms with Gasteiger partial charge in [0.15, 0.2) is 0 Å². The van der Waals surface area contributed by atoms with Gasteiger partial charge in [-0.2, -0.15) is 0 Å². The van der Waals surface area contributed by atoms with E-state index >= 15 is 0 Å². The molecule has 0 saturated heterocycles. The maximum Gasteiger partial charge on any atom is 0.0746 e. The van der Waals surface area contributed by atoms with E-state index in [1.165, 1.54) is 20.9 Å². The van der Waals surface area contributed by atoms with E-state index in [1.807, 2.05) is 481 Å². The van der Waals surface area contributed by atoms with Crippen LogP contribution in [0.15, 0.2) is 0 Å². The van der Waals surface area contributed by atoms with Crippen molar-refractivity contribution in [2.45, 2.75) is 0 Å². The van der Waals surface area contributed by atoms with Crippen LogP contribution in [0.4, 0.5) is 0 Å². The second-order valence-electron chi connectivity index (χ2n) is 4.39. The summed E-state index contributed by atoms with van der Waals surface area (Å²) in [7, 11) is 112. The molecule has 0 aromatic carbocycles. The van der Waals surface area contributed by atoms with E-state index in [9.17, 15) is 0 Å². The summed E-state index contributed by atoms with van der Waals surface area (Å²) in [6.07, 6.45) is 0. The molecule has 0 aromatic heterocycles. The molecule has 0 saturated carbocycles. The Hall–Kier alpha value is 22.0. The van der Waals surface area contributed by atoms with Gasteiger partial charge in [0.1, 0.15) is 0 Å². The topological polar surface area (TPSA) is 9.23 Å². The molecular weight excluding hydrogens is 2050 g/mol. The van der Waals surface area contributed by atoms with Gasteiger partial charge in [0.05, 0.1) is 18.2 Å². The second kappa shape index (κ2) is 86.0. The first kappa shape index (κ1) is 87.0. The SMILES string of the molecule is COSSSSSSSSSSSSSSSSSSSSSSSSSSSSSSSSSSSSSSSSSSSSSSSSSSSSSSSSSSSSSSS. The number of thiol groups is 1. The van der Waals surface area contributed by atoms with Gasteiger partial charge in [-0.3, -0.25) is 0 Å². The van der Waals surface area contributed by atoms with Crippen LogP contribution in [0.1, 0.15) is 0 Å². The van der Waals surface area contributed by atoms with Gasteiger partial charge >= 0.3 is 0 Å². The van der Waals surface area contributed by atoms with Gasteiger partial charge in [0, 0.05) is 521 Å². The Balaban J connectivity index is 3.06. The van der Waals surface area contributed by atoms with Gasteiger partial charge in [-0.1, -0.05) is 11.7 Å². The summed E-state index contributed by atoms with van der Waals surface area (Å²) in [5.74, 6) is 0. The number of rotatable bonds is 62. The van der Waals surface area contributed by atoms with Crippen LogP contribution in [0.2, 0.25) is 0 Å². The lowest BCUT2D eigenvalue weighted by molar-refractivity contribution is 0.498. The molecule has 0 rings (SSSR count). The Morgan fingerprint density at radius 1 is 0.154 bits per heavy atom. The highest BCUT2D eigenvalue weighted by Gasteiger charge is 2.05. The van der Waals surface area contributed by atoms with Crippen molar-refractivity contribution in [1.82, 2.24) is 0 Å². The Morgan fingerprint density at radius 3 is 0.338 bits per heavy atom. The normalized spacial score (nSPS) is 11.7. The predicted octanol–water partition coefficient (Wildman–Crippen LogP) is 40.7. The molecule has 0 radical (unpaired) electrons. The van der Waals surface area contributed by atoms with Crippen LogP contribution >= 0.6 is 622 Å². The van der Waals surface area contributed by atoms with Crippen LogP contribution in [-0.2, 0) is 4.18 Å². The lowest BCUT2D eigenvalue weighted by Gasteiger charge is -2.00. The molecule has 0 heterocycles. The third kappa shape index (κ3) is 86.0. The van der Waals surface area contributed by atoms with E-state index < -0.39 is 0 Å². The van der Waals surface area contributed by atoms with Crippen LogP contribution in [0.25, 0.3) is 0 Å². The van der Waals surface area contributed by atoms with Crippen LogP contribution in [-0.4, -0.2) is 7.11 Å². The summed E-state index contributed by atoms with van der Waals surface area (Å²) in [5, 5.41) is 0. The molecule has 0 aliphatic carbocycles. The molecule has 0 N–H and O–H groups in total. The Labute approximate surface area is 616 Å². The molecule has 64 heteroatoms. The van der Waals surface area contributed by atoms with Crippen molar-refractivity contribution in [2.75, 3.05) is 7.11 Å². The van der Waals surface area contributed by atoms with E-state index in [0.29, 0.717) is 0 Å². The lowest BCUT2D eigenvalue weighted by atomic mass is 11.8. The molecule has 0 aliphatic heterocycles. The maximum absolute atomic E-state index is 4.92. The van der Waals surface area contributed by atoms with Gasteiger partial charge in [-0.05, 0) is 78.6 Å². The molecule has 392 valence electrons. The maximum atomic E-state index is 4.92. The van der Waals surface area contributed by atoms with E-state index in [1.54, 1.807) is 115 Å². The minimum atomic E-state index is 1.40. The van der Waals surface area contributed by atoms with Gasteiger partial charge in [0.2, 0.25) is 0 Å². The minimum Gasteiger partial charge on any atom is -0.308 e. The Bertz CT molecular complexity index is 706. The van der Waals surface area contributed by atoms with Crippen LogP contribution in [0, 0.1) is 0 Å². The van der Waals surface area contributed by atoms with Gasteiger partial charge in [0.25, 0.3) is 0 Å². The summed E-state index contributed by atoms with van der Waals surface area (Å²) in [5.41, 5.74) is 0. The Kier molecular flexibility index (Phi) is 115.